The van der Waals surface area contributed by atoms with E-state index in [-0.39, 0.29) is 11.3 Å². The minimum Gasteiger partial charge on any atom is -0.466 e. The summed E-state index contributed by atoms with van der Waals surface area (Å²) in [6, 6.07) is 3.46. The van der Waals surface area contributed by atoms with Crippen molar-refractivity contribution in [3.05, 3.63) is 35.7 Å². The molecule has 0 N–H and O–H groups in total. The summed E-state index contributed by atoms with van der Waals surface area (Å²) in [5.41, 5.74) is -0.238. The predicted octanol–water partition coefficient (Wildman–Crippen LogP) is 2.61. The van der Waals surface area contributed by atoms with E-state index in [2.05, 4.69) is 9.47 Å². The van der Waals surface area contributed by atoms with E-state index in [1.54, 1.807) is 0 Å². The first-order chi connectivity index (χ1) is 8.04. The second-order valence-corrected chi connectivity index (χ2v) is 2.89. The molecular formula is C11H9F3O3. The number of halogens is 3. The molecule has 1 aromatic carbocycles. The summed E-state index contributed by atoms with van der Waals surface area (Å²) in [5.74, 6) is -1.85. The topological polar surface area (TPSA) is 35.5 Å². The molecule has 0 spiro atoms. The van der Waals surface area contributed by atoms with Gasteiger partial charge >= 0.3 is 12.6 Å². The zero-order chi connectivity index (χ0) is 12.8. The third-order valence-electron chi connectivity index (χ3n) is 1.82. The second-order valence-electron chi connectivity index (χ2n) is 2.89. The van der Waals surface area contributed by atoms with Crippen LogP contribution in [0.4, 0.5) is 13.2 Å². The van der Waals surface area contributed by atoms with Crippen molar-refractivity contribution in [2.24, 2.45) is 0 Å². The van der Waals surface area contributed by atoms with Crippen LogP contribution in [-0.4, -0.2) is 19.7 Å². The number of hydrogen-bond acceptors (Lipinski definition) is 3. The highest BCUT2D eigenvalue weighted by molar-refractivity contribution is 5.87. The van der Waals surface area contributed by atoms with Crippen LogP contribution in [0.25, 0.3) is 6.08 Å². The maximum Gasteiger partial charge on any atom is 0.387 e. The van der Waals surface area contributed by atoms with Crippen LogP contribution in [0.5, 0.6) is 5.75 Å². The lowest BCUT2D eigenvalue weighted by atomic mass is 10.1. The molecule has 0 saturated heterocycles. The number of carbonyl (C=O) groups is 1. The Hall–Kier alpha value is -1.98. The Morgan fingerprint density at radius 3 is 2.71 bits per heavy atom. The van der Waals surface area contributed by atoms with E-state index < -0.39 is 18.4 Å². The fourth-order valence-electron chi connectivity index (χ4n) is 1.10. The quantitative estimate of drug-likeness (QED) is 0.605. The Labute approximate surface area is 95.5 Å². The molecule has 92 valence electrons. The van der Waals surface area contributed by atoms with Crippen molar-refractivity contribution in [1.29, 1.82) is 0 Å². The molecule has 17 heavy (non-hydrogen) atoms. The molecule has 6 heteroatoms. The summed E-state index contributed by atoms with van der Waals surface area (Å²) in [6.07, 6.45) is 1.93. The normalized spacial score (nSPS) is 10.9. The van der Waals surface area contributed by atoms with E-state index in [0.29, 0.717) is 0 Å². The summed E-state index contributed by atoms with van der Waals surface area (Å²) in [6.45, 7) is -3.07. The summed E-state index contributed by atoms with van der Waals surface area (Å²) in [4.78, 5) is 10.8. The standard InChI is InChI=1S/C11H9F3O3/c1-16-10(15)6-5-7-8(12)3-2-4-9(7)17-11(13)14/h2-6,11H,1H3. The summed E-state index contributed by atoms with van der Waals surface area (Å²) < 4.78 is 45.8. The van der Waals surface area contributed by atoms with Gasteiger partial charge in [0.1, 0.15) is 11.6 Å². The number of hydrogen-bond donors (Lipinski definition) is 0. The van der Waals surface area contributed by atoms with Crippen molar-refractivity contribution < 1.29 is 27.4 Å². The molecule has 1 aromatic rings. The molecule has 0 aliphatic heterocycles. The molecule has 0 atom stereocenters. The monoisotopic (exact) mass is 246 g/mol. The molecule has 0 fully saturated rings. The number of ether oxygens (including phenoxy) is 2. The molecule has 1 rings (SSSR count). The molecule has 0 radical (unpaired) electrons. The van der Waals surface area contributed by atoms with Gasteiger partial charge in [-0.25, -0.2) is 9.18 Å². The van der Waals surface area contributed by atoms with Crippen LogP contribution >= 0.6 is 0 Å². The highest BCUT2D eigenvalue weighted by Gasteiger charge is 2.11. The van der Waals surface area contributed by atoms with Crippen LogP contribution in [0.3, 0.4) is 0 Å². The second kappa shape index (κ2) is 5.93. The zero-order valence-corrected chi connectivity index (χ0v) is 8.82. The summed E-state index contributed by atoms with van der Waals surface area (Å²) >= 11 is 0. The molecule has 3 nitrogen and oxygen atoms in total. The van der Waals surface area contributed by atoms with Gasteiger partial charge < -0.3 is 9.47 Å². The van der Waals surface area contributed by atoms with E-state index >= 15 is 0 Å². The van der Waals surface area contributed by atoms with E-state index in [4.69, 9.17) is 0 Å². The molecule has 0 heterocycles. The van der Waals surface area contributed by atoms with Gasteiger partial charge in [-0.05, 0) is 18.2 Å². The van der Waals surface area contributed by atoms with E-state index in [9.17, 15) is 18.0 Å². The van der Waals surface area contributed by atoms with Crippen molar-refractivity contribution in [2.45, 2.75) is 6.61 Å². The van der Waals surface area contributed by atoms with Crippen molar-refractivity contribution in [3.8, 4) is 5.75 Å². The van der Waals surface area contributed by atoms with Gasteiger partial charge in [0.15, 0.2) is 0 Å². The Morgan fingerprint density at radius 2 is 2.12 bits per heavy atom. The van der Waals surface area contributed by atoms with Gasteiger partial charge in [-0.15, -0.1) is 0 Å². The number of alkyl halides is 2. The first-order valence-corrected chi connectivity index (χ1v) is 4.54. The fourth-order valence-corrected chi connectivity index (χ4v) is 1.10. The van der Waals surface area contributed by atoms with Gasteiger partial charge in [0.05, 0.1) is 12.7 Å². The lowest BCUT2D eigenvalue weighted by Crippen LogP contribution is -2.04. The van der Waals surface area contributed by atoms with Gasteiger partial charge in [0.25, 0.3) is 0 Å². The lowest BCUT2D eigenvalue weighted by molar-refractivity contribution is -0.134. The number of carbonyl (C=O) groups excluding carboxylic acids is 1. The molecule has 0 unspecified atom stereocenters. The average molecular weight is 246 g/mol. The minimum absolute atomic E-state index is 0.238. The molecule has 0 aliphatic carbocycles. The Balaban J connectivity index is 3.03. The van der Waals surface area contributed by atoms with Crippen LogP contribution in [0, 0.1) is 5.82 Å². The van der Waals surface area contributed by atoms with Gasteiger partial charge in [-0.3, -0.25) is 0 Å². The van der Waals surface area contributed by atoms with Crippen molar-refractivity contribution in [3.63, 3.8) is 0 Å². The maximum absolute atomic E-state index is 13.3. The molecule has 0 saturated carbocycles. The fraction of sp³-hybridized carbons (Fsp3) is 0.182. The largest absolute Gasteiger partial charge is 0.466 e. The highest BCUT2D eigenvalue weighted by atomic mass is 19.3. The lowest BCUT2D eigenvalue weighted by Gasteiger charge is -2.08. The first-order valence-electron chi connectivity index (χ1n) is 4.54. The number of benzene rings is 1. The van der Waals surface area contributed by atoms with Crippen LogP contribution in [0.2, 0.25) is 0 Å². The Kier molecular flexibility index (Phi) is 4.56. The summed E-state index contributed by atoms with van der Waals surface area (Å²) in [5, 5.41) is 0. The smallest absolute Gasteiger partial charge is 0.387 e. The molecule has 0 aromatic heterocycles. The van der Waals surface area contributed by atoms with E-state index in [0.717, 1.165) is 25.3 Å². The van der Waals surface area contributed by atoms with Crippen LogP contribution in [-0.2, 0) is 9.53 Å². The van der Waals surface area contributed by atoms with Gasteiger partial charge in [0.2, 0.25) is 0 Å². The molecule has 0 bridgehead atoms. The molecule has 0 amide bonds. The highest BCUT2D eigenvalue weighted by Crippen LogP contribution is 2.24. The number of rotatable bonds is 4. The third-order valence-corrected chi connectivity index (χ3v) is 1.82. The van der Waals surface area contributed by atoms with Crippen molar-refractivity contribution in [2.75, 3.05) is 7.11 Å². The molecule has 0 aliphatic rings. The Morgan fingerprint density at radius 1 is 1.41 bits per heavy atom. The van der Waals surface area contributed by atoms with Crippen molar-refractivity contribution >= 4 is 12.0 Å². The predicted molar refractivity (Wildman–Crippen MR) is 54.1 cm³/mol. The number of methoxy groups -OCH3 is 1. The van der Waals surface area contributed by atoms with E-state index in [1.165, 1.54) is 12.1 Å². The van der Waals surface area contributed by atoms with Gasteiger partial charge in [-0.2, -0.15) is 8.78 Å². The van der Waals surface area contributed by atoms with E-state index in [1.807, 2.05) is 0 Å². The first kappa shape index (κ1) is 13.1. The van der Waals surface area contributed by atoms with Gasteiger partial charge in [-0.1, -0.05) is 6.07 Å². The van der Waals surface area contributed by atoms with Crippen molar-refractivity contribution in [1.82, 2.24) is 0 Å². The zero-order valence-electron chi connectivity index (χ0n) is 8.82. The Bertz CT molecular complexity index is 430. The SMILES string of the molecule is COC(=O)C=Cc1c(F)cccc1OC(F)F. The van der Waals surface area contributed by atoms with Gasteiger partial charge in [0, 0.05) is 6.08 Å². The van der Waals surface area contributed by atoms with Crippen LogP contribution in [0.15, 0.2) is 24.3 Å². The minimum atomic E-state index is -3.07. The maximum atomic E-state index is 13.3. The van der Waals surface area contributed by atoms with Crippen LogP contribution < -0.4 is 4.74 Å². The average Bonchev–Trinajstić information content (AvgIpc) is 2.27. The number of esters is 1. The summed E-state index contributed by atoms with van der Waals surface area (Å²) in [7, 11) is 1.14. The molecular weight excluding hydrogens is 237 g/mol. The third kappa shape index (κ3) is 3.82. The van der Waals surface area contributed by atoms with Crippen LogP contribution in [0.1, 0.15) is 5.56 Å².